The van der Waals surface area contributed by atoms with E-state index < -0.39 is 0 Å². The highest BCUT2D eigenvalue weighted by Gasteiger charge is 2.13. The lowest BCUT2D eigenvalue weighted by atomic mass is 9.87. The molecule has 2 N–H and O–H groups in total. The van der Waals surface area contributed by atoms with E-state index in [4.69, 9.17) is 5.73 Å². The van der Waals surface area contributed by atoms with E-state index in [1.54, 1.807) is 0 Å². The first-order chi connectivity index (χ1) is 14.5. The summed E-state index contributed by atoms with van der Waals surface area (Å²) in [4.78, 5) is 0. The maximum atomic E-state index is 4.85. The summed E-state index contributed by atoms with van der Waals surface area (Å²) in [5.74, 6) is 0.358. The molecule has 0 heterocycles. The number of hydrogen-bond acceptors (Lipinski definition) is 1. The van der Waals surface area contributed by atoms with Crippen LogP contribution in [0.4, 0.5) is 0 Å². The minimum Gasteiger partial charge on any atom is -0.331 e. The van der Waals surface area contributed by atoms with E-state index in [0.717, 1.165) is 15.1 Å². The van der Waals surface area contributed by atoms with E-state index in [9.17, 15) is 0 Å². The molecule has 0 saturated carbocycles. The van der Waals surface area contributed by atoms with Crippen molar-refractivity contribution in [1.29, 1.82) is 0 Å². The van der Waals surface area contributed by atoms with Crippen molar-refractivity contribution in [1.82, 2.24) is 0 Å². The largest absolute Gasteiger partial charge is 0.331 e. The summed E-state index contributed by atoms with van der Waals surface area (Å²) >= 11 is 0. The summed E-state index contributed by atoms with van der Waals surface area (Å²) in [6, 6.07) is 18.0. The molecule has 2 atom stereocenters. The van der Waals surface area contributed by atoms with E-state index in [0.29, 0.717) is 5.92 Å². The number of hydrogen-bond donors (Lipinski definition) is 1. The Morgan fingerprint density at radius 1 is 1.00 bits per heavy atom. The molecule has 0 bridgehead atoms. The summed E-state index contributed by atoms with van der Waals surface area (Å²) in [5, 5.41) is 1.47. The van der Waals surface area contributed by atoms with Crippen LogP contribution in [-0.2, 0) is 0 Å². The lowest BCUT2D eigenvalue weighted by Crippen LogP contribution is -2.01. The smallest absolute Gasteiger partial charge is 0.00669 e. The molecule has 2 unspecified atom stereocenters. The van der Waals surface area contributed by atoms with Crippen LogP contribution in [0.25, 0.3) is 5.57 Å². The fourth-order valence-corrected chi connectivity index (χ4v) is 4.06. The van der Waals surface area contributed by atoms with Crippen LogP contribution in [0.3, 0.4) is 0 Å². The van der Waals surface area contributed by atoms with Gasteiger partial charge in [-0.2, -0.15) is 0 Å². The third-order valence-electron chi connectivity index (χ3n) is 4.42. The molecule has 0 amide bonds. The molecule has 0 aliphatic rings. The number of unbranched alkanes of at least 4 members (excludes halogenated alkanes) is 1. The van der Waals surface area contributed by atoms with Crippen molar-refractivity contribution in [3.05, 3.63) is 84.0 Å². The van der Waals surface area contributed by atoms with Gasteiger partial charge in [-0.15, -0.1) is 0 Å². The van der Waals surface area contributed by atoms with Gasteiger partial charge in [-0.3, -0.25) is 0 Å². The Balaban J connectivity index is 0.00000125. The SMILES string of the molecule is C=C/C=C(/c1ccc(PCCCC)cc1)C(C)c1ccc(C)cc1.CCC.CCN. The maximum absolute atomic E-state index is 4.85. The van der Waals surface area contributed by atoms with Gasteiger partial charge >= 0.3 is 0 Å². The van der Waals surface area contributed by atoms with E-state index in [2.05, 4.69) is 95.8 Å². The first kappa shape index (κ1) is 28.3. The number of allylic oxidation sites excluding steroid dienone is 3. The van der Waals surface area contributed by atoms with Gasteiger partial charge in [-0.1, -0.05) is 129 Å². The van der Waals surface area contributed by atoms with Crippen LogP contribution in [0, 0.1) is 6.92 Å². The van der Waals surface area contributed by atoms with Crippen LogP contribution in [-0.4, -0.2) is 12.7 Å². The minimum atomic E-state index is 0.358. The Morgan fingerprint density at radius 2 is 1.53 bits per heavy atom. The molecule has 166 valence electrons. The predicted molar refractivity (Wildman–Crippen MR) is 143 cm³/mol. The summed E-state index contributed by atoms with van der Waals surface area (Å²) in [6.07, 6.45) is 9.22. The molecule has 0 fully saturated rings. The van der Waals surface area contributed by atoms with Crippen molar-refractivity contribution in [3.63, 3.8) is 0 Å². The van der Waals surface area contributed by atoms with Crippen LogP contribution in [0.2, 0.25) is 0 Å². The minimum absolute atomic E-state index is 0.358. The van der Waals surface area contributed by atoms with Crippen LogP contribution in [0.15, 0.2) is 67.3 Å². The second-order valence-corrected chi connectivity index (χ2v) is 8.89. The molecule has 0 spiro atoms. The van der Waals surface area contributed by atoms with Crippen molar-refractivity contribution in [2.45, 2.75) is 66.7 Å². The van der Waals surface area contributed by atoms with Crippen molar-refractivity contribution in [2.75, 3.05) is 12.7 Å². The highest BCUT2D eigenvalue weighted by atomic mass is 31.1. The fourth-order valence-electron chi connectivity index (χ4n) is 2.84. The summed E-state index contributed by atoms with van der Waals surface area (Å²) < 4.78 is 0. The monoisotopic (exact) mass is 425 g/mol. The number of rotatable bonds is 8. The normalized spacial score (nSPS) is 11.9. The highest BCUT2D eigenvalue weighted by molar-refractivity contribution is 7.47. The second kappa shape index (κ2) is 18.1. The molecular weight excluding hydrogens is 381 g/mol. The van der Waals surface area contributed by atoms with Gasteiger partial charge in [0.15, 0.2) is 0 Å². The Bertz CT molecular complexity index is 696. The van der Waals surface area contributed by atoms with Gasteiger partial charge in [-0.25, -0.2) is 0 Å². The Labute approximate surface area is 188 Å². The van der Waals surface area contributed by atoms with Crippen molar-refractivity contribution >= 4 is 19.5 Å². The molecule has 1 nitrogen and oxygen atoms in total. The van der Waals surface area contributed by atoms with Crippen LogP contribution >= 0.6 is 8.58 Å². The van der Waals surface area contributed by atoms with Crippen LogP contribution < -0.4 is 11.0 Å². The first-order valence-electron chi connectivity index (χ1n) is 11.4. The third-order valence-corrected chi connectivity index (χ3v) is 5.76. The van der Waals surface area contributed by atoms with Crippen LogP contribution in [0.1, 0.15) is 76.5 Å². The quantitative estimate of drug-likeness (QED) is 0.260. The third kappa shape index (κ3) is 11.5. The molecule has 0 saturated heterocycles. The van der Waals surface area contributed by atoms with Crippen molar-refractivity contribution in [2.24, 2.45) is 5.73 Å². The Hall–Kier alpha value is -1.69. The molecule has 0 radical (unpaired) electrons. The fraction of sp³-hybridized carbons (Fsp3) is 0.429. The summed E-state index contributed by atoms with van der Waals surface area (Å²) in [6.45, 7) is 17.5. The summed E-state index contributed by atoms with van der Waals surface area (Å²) in [5.41, 5.74) is 10.1. The second-order valence-electron chi connectivity index (χ2n) is 7.46. The molecule has 0 aliphatic carbocycles. The molecule has 0 aliphatic heterocycles. The zero-order valence-electron chi connectivity index (χ0n) is 20.2. The molecule has 2 aromatic carbocycles. The van der Waals surface area contributed by atoms with Gasteiger partial charge in [0.1, 0.15) is 0 Å². The maximum Gasteiger partial charge on any atom is 0.00669 e. The number of nitrogens with two attached hydrogens (primary N) is 1. The lowest BCUT2D eigenvalue weighted by molar-refractivity contribution is 0.895. The summed E-state index contributed by atoms with van der Waals surface area (Å²) in [7, 11) is 0.928. The zero-order valence-corrected chi connectivity index (χ0v) is 21.2. The predicted octanol–water partition coefficient (Wildman–Crippen LogP) is 7.85. The Kier molecular flexibility index (Phi) is 17.1. The number of benzene rings is 2. The van der Waals surface area contributed by atoms with Crippen molar-refractivity contribution < 1.29 is 0 Å². The van der Waals surface area contributed by atoms with E-state index in [1.165, 1.54) is 53.0 Å². The van der Waals surface area contributed by atoms with E-state index in [-0.39, 0.29) is 0 Å². The van der Waals surface area contributed by atoms with E-state index in [1.807, 2.05) is 13.0 Å². The molecule has 30 heavy (non-hydrogen) atoms. The van der Waals surface area contributed by atoms with Gasteiger partial charge in [0, 0.05) is 5.92 Å². The van der Waals surface area contributed by atoms with Crippen molar-refractivity contribution in [3.8, 4) is 0 Å². The highest BCUT2D eigenvalue weighted by Crippen LogP contribution is 2.32. The standard InChI is InChI=1S/C23H29P.C3H8.C2H7N/c1-5-7-17-24-22-15-13-21(14-16-22)23(8-6-2)19(4)20-11-9-18(3)10-12-20;1-3-2;1-2-3/h6,8-16,19,24H,2,5,7,17H2,1,3-4H3;3H2,1-2H3;2-3H2,1H3/b23-8+;;. The molecule has 2 aromatic rings. The van der Waals surface area contributed by atoms with Gasteiger partial charge in [-0.05, 0) is 48.1 Å². The average molecular weight is 426 g/mol. The first-order valence-corrected chi connectivity index (χ1v) is 12.6. The molecular formula is C28H44NP. The van der Waals surface area contributed by atoms with Gasteiger partial charge < -0.3 is 5.73 Å². The molecule has 0 aromatic heterocycles. The van der Waals surface area contributed by atoms with Gasteiger partial charge in [0.2, 0.25) is 0 Å². The van der Waals surface area contributed by atoms with E-state index >= 15 is 0 Å². The van der Waals surface area contributed by atoms with Gasteiger partial charge in [0.25, 0.3) is 0 Å². The lowest BCUT2D eigenvalue weighted by Gasteiger charge is -2.17. The number of aryl methyl sites for hydroxylation is 1. The van der Waals surface area contributed by atoms with Gasteiger partial charge in [0.05, 0.1) is 0 Å². The zero-order chi connectivity index (χ0) is 22.8. The Morgan fingerprint density at radius 3 is 2.00 bits per heavy atom. The molecule has 2 rings (SSSR count). The molecule has 2 heteroatoms. The van der Waals surface area contributed by atoms with Crippen LogP contribution in [0.5, 0.6) is 0 Å². The average Bonchev–Trinajstić information content (AvgIpc) is 2.74. The topological polar surface area (TPSA) is 26.0 Å².